The molecule has 3 nitrogen and oxygen atoms in total. The average Bonchev–Trinajstić information content (AvgIpc) is 2.46. The fourth-order valence-corrected chi connectivity index (χ4v) is 3.35. The Kier molecular flexibility index (Phi) is 3.76. The number of carbonyl (C=O) groups excluding carboxylic acids is 1. The minimum Gasteiger partial charge on any atom is -0.374 e. The first-order valence-corrected chi connectivity index (χ1v) is 7.32. The molecule has 1 amide bonds. The van der Waals surface area contributed by atoms with Gasteiger partial charge in [-0.3, -0.25) is 4.79 Å². The van der Waals surface area contributed by atoms with E-state index in [9.17, 15) is 4.79 Å². The molecule has 4 heteroatoms. The summed E-state index contributed by atoms with van der Waals surface area (Å²) in [5, 5.41) is 0.534. The second kappa shape index (κ2) is 5.51. The maximum Gasteiger partial charge on any atom is 0.255 e. The second-order valence-electron chi connectivity index (χ2n) is 5.24. The highest BCUT2D eigenvalue weighted by molar-refractivity contribution is 6.33. The fraction of sp³-hybridized carbons (Fsp3) is 0.533. The fourth-order valence-electron chi connectivity index (χ4n) is 3.14. The van der Waals surface area contributed by atoms with Crippen molar-refractivity contribution in [1.82, 2.24) is 4.90 Å². The van der Waals surface area contributed by atoms with E-state index >= 15 is 0 Å². The summed E-state index contributed by atoms with van der Waals surface area (Å²) < 4.78 is 5.80. The van der Waals surface area contributed by atoms with Crippen LogP contribution in [0.2, 0.25) is 5.02 Å². The van der Waals surface area contributed by atoms with E-state index in [0.717, 1.165) is 12.8 Å². The molecule has 0 N–H and O–H groups in total. The topological polar surface area (TPSA) is 29.5 Å². The van der Waals surface area contributed by atoms with Gasteiger partial charge < -0.3 is 9.64 Å². The lowest BCUT2D eigenvalue weighted by Gasteiger charge is -2.43. The third-order valence-corrected chi connectivity index (χ3v) is 4.43. The number of halogens is 1. The highest BCUT2D eigenvalue weighted by Gasteiger charge is 2.37. The van der Waals surface area contributed by atoms with Crippen LogP contribution >= 0.6 is 11.6 Å². The summed E-state index contributed by atoms with van der Waals surface area (Å²) in [7, 11) is 0. The average molecular weight is 280 g/mol. The molecular formula is C15H18ClNO2. The van der Waals surface area contributed by atoms with Gasteiger partial charge in [0.2, 0.25) is 0 Å². The molecular weight excluding hydrogens is 262 g/mol. The van der Waals surface area contributed by atoms with Crippen molar-refractivity contribution in [2.45, 2.75) is 37.8 Å². The summed E-state index contributed by atoms with van der Waals surface area (Å²) in [5.74, 6) is 0.0470. The number of nitrogens with zero attached hydrogens (tertiary/aromatic N) is 1. The first-order valence-electron chi connectivity index (χ1n) is 6.94. The van der Waals surface area contributed by atoms with Crippen molar-refractivity contribution in [3.63, 3.8) is 0 Å². The van der Waals surface area contributed by atoms with Crippen LogP contribution in [0.3, 0.4) is 0 Å². The lowest BCUT2D eigenvalue weighted by atomic mass is 9.89. The van der Waals surface area contributed by atoms with Gasteiger partial charge in [-0.1, -0.05) is 36.6 Å². The predicted molar refractivity (Wildman–Crippen MR) is 74.5 cm³/mol. The molecule has 0 spiro atoms. The Morgan fingerprint density at radius 2 is 2.05 bits per heavy atom. The molecule has 3 rings (SSSR count). The summed E-state index contributed by atoms with van der Waals surface area (Å²) in [6, 6.07) is 7.51. The molecule has 19 heavy (non-hydrogen) atoms. The quantitative estimate of drug-likeness (QED) is 0.790. The Labute approximate surface area is 118 Å². The zero-order chi connectivity index (χ0) is 13.2. The maximum atomic E-state index is 12.7. The van der Waals surface area contributed by atoms with E-state index in [0.29, 0.717) is 23.7 Å². The number of carbonyl (C=O) groups is 1. The number of amides is 1. The molecule has 1 aliphatic heterocycles. The summed E-state index contributed by atoms with van der Waals surface area (Å²) in [5.41, 5.74) is 0.607. The van der Waals surface area contributed by atoms with E-state index < -0.39 is 0 Å². The lowest BCUT2D eigenvalue weighted by Crippen LogP contribution is -2.54. The van der Waals surface area contributed by atoms with Crippen molar-refractivity contribution >= 4 is 17.5 Å². The van der Waals surface area contributed by atoms with Crippen LogP contribution in [0.4, 0.5) is 0 Å². The molecule has 102 valence electrons. The summed E-state index contributed by atoms with van der Waals surface area (Å²) in [6.45, 7) is 1.31. The third kappa shape index (κ3) is 2.49. The van der Waals surface area contributed by atoms with Crippen molar-refractivity contribution < 1.29 is 9.53 Å². The van der Waals surface area contributed by atoms with E-state index in [1.54, 1.807) is 12.1 Å². The van der Waals surface area contributed by atoms with Gasteiger partial charge in [0.1, 0.15) is 0 Å². The monoisotopic (exact) mass is 279 g/mol. The van der Waals surface area contributed by atoms with Gasteiger partial charge in [-0.2, -0.15) is 0 Å². The number of hydrogen-bond donors (Lipinski definition) is 0. The Bertz CT molecular complexity index is 475. The van der Waals surface area contributed by atoms with E-state index in [-0.39, 0.29) is 18.1 Å². The highest BCUT2D eigenvalue weighted by Crippen LogP contribution is 2.30. The summed E-state index contributed by atoms with van der Waals surface area (Å²) in [6.07, 6.45) is 4.71. The Morgan fingerprint density at radius 3 is 2.89 bits per heavy atom. The number of fused-ring (bicyclic) bond motifs is 1. The number of rotatable bonds is 1. The van der Waals surface area contributed by atoms with E-state index in [2.05, 4.69) is 0 Å². The number of ether oxygens (including phenoxy) is 1. The predicted octanol–water partition coefficient (Wildman–Crippen LogP) is 3.12. The van der Waals surface area contributed by atoms with Gasteiger partial charge in [-0.05, 0) is 25.0 Å². The summed E-state index contributed by atoms with van der Waals surface area (Å²) >= 11 is 6.13. The molecule has 0 radical (unpaired) electrons. The van der Waals surface area contributed by atoms with Gasteiger partial charge in [0.15, 0.2) is 0 Å². The smallest absolute Gasteiger partial charge is 0.255 e. The van der Waals surface area contributed by atoms with E-state index in [1.165, 1.54) is 12.8 Å². The molecule has 2 unspecified atom stereocenters. The minimum atomic E-state index is 0.0470. The van der Waals surface area contributed by atoms with Crippen LogP contribution < -0.4 is 0 Å². The molecule has 1 aliphatic carbocycles. The number of morpholine rings is 1. The zero-order valence-corrected chi connectivity index (χ0v) is 11.6. The van der Waals surface area contributed by atoms with E-state index in [1.807, 2.05) is 17.0 Å². The van der Waals surface area contributed by atoms with Crippen LogP contribution in [0, 0.1) is 0 Å². The molecule has 1 aromatic rings. The van der Waals surface area contributed by atoms with Gasteiger partial charge in [0, 0.05) is 6.54 Å². The van der Waals surface area contributed by atoms with Crippen molar-refractivity contribution in [3.8, 4) is 0 Å². The van der Waals surface area contributed by atoms with Crippen LogP contribution in [0.25, 0.3) is 0 Å². The van der Waals surface area contributed by atoms with Gasteiger partial charge in [0.05, 0.1) is 29.3 Å². The first-order chi connectivity index (χ1) is 9.27. The Hall–Kier alpha value is -1.06. The zero-order valence-electron chi connectivity index (χ0n) is 10.8. The minimum absolute atomic E-state index is 0.0470. The van der Waals surface area contributed by atoms with Gasteiger partial charge >= 0.3 is 0 Å². The van der Waals surface area contributed by atoms with Crippen molar-refractivity contribution in [2.24, 2.45) is 0 Å². The number of hydrogen-bond acceptors (Lipinski definition) is 2. The molecule has 2 atom stereocenters. The highest BCUT2D eigenvalue weighted by atomic mass is 35.5. The van der Waals surface area contributed by atoms with Crippen molar-refractivity contribution in [2.75, 3.05) is 13.2 Å². The van der Waals surface area contributed by atoms with Gasteiger partial charge in [-0.25, -0.2) is 0 Å². The molecule has 1 saturated heterocycles. The third-order valence-electron chi connectivity index (χ3n) is 4.10. The second-order valence-corrected chi connectivity index (χ2v) is 5.65. The molecule has 0 bridgehead atoms. The number of benzene rings is 1. The molecule has 1 heterocycles. The SMILES string of the molecule is O=C(c1ccccc1Cl)N1CCOC2CCCCC21. The van der Waals surface area contributed by atoms with Crippen molar-refractivity contribution in [3.05, 3.63) is 34.9 Å². The van der Waals surface area contributed by atoms with Crippen LogP contribution in [0.15, 0.2) is 24.3 Å². The first kappa shape index (κ1) is 12.9. The maximum absolute atomic E-state index is 12.7. The Morgan fingerprint density at radius 1 is 1.26 bits per heavy atom. The van der Waals surface area contributed by atoms with Gasteiger partial charge in [-0.15, -0.1) is 0 Å². The van der Waals surface area contributed by atoms with Crippen LogP contribution in [0.5, 0.6) is 0 Å². The van der Waals surface area contributed by atoms with E-state index in [4.69, 9.17) is 16.3 Å². The Balaban J connectivity index is 1.84. The normalized spacial score (nSPS) is 26.9. The van der Waals surface area contributed by atoms with Crippen LogP contribution in [-0.4, -0.2) is 36.1 Å². The summed E-state index contributed by atoms with van der Waals surface area (Å²) in [4.78, 5) is 14.6. The molecule has 0 aromatic heterocycles. The van der Waals surface area contributed by atoms with Crippen molar-refractivity contribution in [1.29, 1.82) is 0 Å². The van der Waals surface area contributed by atoms with Gasteiger partial charge in [0.25, 0.3) is 5.91 Å². The lowest BCUT2D eigenvalue weighted by molar-refractivity contribution is -0.0752. The molecule has 2 fully saturated rings. The largest absolute Gasteiger partial charge is 0.374 e. The van der Waals surface area contributed by atoms with Crippen LogP contribution in [0.1, 0.15) is 36.0 Å². The molecule has 1 saturated carbocycles. The molecule has 2 aliphatic rings. The molecule has 1 aromatic carbocycles. The van der Waals surface area contributed by atoms with Crippen LogP contribution in [-0.2, 0) is 4.74 Å². The standard InChI is InChI=1S/C15H18ClNO2/c16-12-6-2-1-5-11(12)15(18)17-9-10-19-14-8-4-3-7-13(14)17/h1-2,5-6,13-14H,3-4,7-10H2.